The van der Waals surface area contributed by atoms with Crippen molar-refractivity contribution < 1.29 is 39.7 Å². The van der Waals surface area contributed by atoms with Crippen molar-refractivity contribution in [1.29, 1.82) is 0 Å². The summed E-state index contributed by atoms with van der Waals surface area (Å²) in [6.45, 7) is -1.01. The monoisotopic (exact) mass is 399 g/mol. The Kier molecular flexibility index (Phi) is 5.15. The van der Waals surface area contributed by atoms with Gasteiger partial charge in [0, 0.05) is 0 Å². The first-order chi connectivity index (χ1) is 13.5. The van der Waals surface area contributed by atoms with Crippen LogP contribution in [0.2, 0.25) is 0 Å². The number of ether oxygens (including phenoxy) is 3. The van der Waals surface area contributed by atoms with Gasteiger partial charge in [-0.05, 0) is 0 Å². The number of nitrogens with two attached hydrogens (primary N) is 1. The van der Waals surface area contributed by atoms with E-state index in [1.54, 1.807) is 0 Å². The third kappa shape index (κ3) is 3.01. The topological polar surface area (TPSA) is 198 Å². The molecule has 2 aromatic heterocycles. The van der Waals surface area contributed by atoms with Gasteiger partial charge in [-0.25, -0.2) is 15.0 Å². The summed E-state index contributed by atoms with van der Waals surface area (Å²) < 4.78 is 18.0. The van der Waals surface area contributed by atoms with Gasteiger partial charge in [0.15, 0.2) is 24.0 Å². The standard InChI is InChI=1S/C15H21N5O8/c16-12-7-13(18-3-17-12)20(4-19-7)14-10(25)11(6(2-22)26-14)28-15-9(24)8(23)5(1-21)27-15/h3-6,8-11,14-15,21-25H,1-2H2,(H2,16,17,18)/t5-,6-,8-,9-,10-,11-,14-,15?/m1/s1. The molecule has 0 aliphatic carbocycles. The molecule has 0 radical (unpaired) electrons. The number of rotatable bonds is 5. The molecule has 2 fully saturated rings. The summed E-state index contributed by atoms with van der Waals surface area (Å²) in [6.07, 6.45) is -6.90. The molecule has 1 unspecified atom stereocenters. The lowest BCUT2D eigenvalue weighted by molar-refractivity contribution is -0.215. The summed E-state index contributed by atoms with van der Waals surface area (Å²) in [5.41, 5.74) is 6.41. The zero-order chi connectivity index (χ0) is 20.0. The second kappa shape index (κ2) is 7.46. The highest BCUT2D eigenvalue weighted by Crippen LogP contribution is 2.35. The first-order valence-electron chi connectivity index (χ1n) is 8.61. The van der Waals surface area contributed by atoms with E-state index in [2.05, 4.69) is 15.0 Å². The molecule has 0 aromatic carbocycles. The van der Waals surface area contributed by atoms with Gasteiger partial charge >= 0.3 is 0 Å². The zero-order valence-electron chi connectivity index (χ0n) is 14.5. The van der Waals surface area contributed by atoms with Crippen LogP contribution in [-0.4, -0.2) is 101 Å². The van der Waals surface area contributed by atoms with Gasteiger partial charge in [0.2, 0.25) is 0 Å². The first kappa shape index (κ1) is 19.4. The number of aromatic nitrogens is 4. The molecule has 13 heteroatoms. The highest BCUT2D eigenvalue weighted by molar-refractivity contribution is 5.81. The van der Waals surface area contributed by atoms with Crippen molar-refractivity contribution in [2.45, 2.75) is 49.1 Å². The molecule has 7 N–H and O–H groups in total. The number of nitrogen functional groups attached to an aromatic ring is 1. The van der Waals surface area contributed by atoms with Crippen molar-refractivity contribution in [2.24, 2.45) is 0 Å². The predicted molar refractivity (Wildman–Crippen MR) is 89.4 cm³/mol. The molecule has 13 nitrogen and oxygen atoms in total. The fraction of sp³-hybridized carbons (Fsp3) is 0.667. The largest absolute Gasteiger partial charge is 0.394 e. The average molecular weight is 399 g/mol. The number of hydrogen-bond acceptors (Lipinski definition) is 12. The first-order valence-corrected chi connectivity index (χ1v) is 8.61. The number of hydrogen-bond donors (Lipinski definition) is 6. The molecule has 0 amide bonds. The minimum atomic E-state index is -1.44. The molecule has 4 rings (SSSR count). The Morgan fingerprint density at radius 2 is 1.75 bits per heavy atom. The molecule has 28 heavy (non-hydrogen) atoms. The van der Waals surface area contributed by atoms with E-state index < -0.39 is 62.4 Å². The van der Waals surface area contributed by atoms with Gasteiger partial charge in [-0.15, -0.1) is 0 Å². The Morgan fingerprint density at radius 1 is 1.00 bits per heavy atom. The minimum Gasteiger partial charge on any atom is -0.394 e. The molecular weight excluding hydrogens is 378 g/mol. The lowest BCUT2D eigenvalue weighted by atomic mass is 10.1. The Hall–Kier alpha value is -1.97. The zero-order valence-corrected chi connectivity index (χ0v) is 14.5. The Labute approximate surface area is 157 Å². The lowest BCUT2D eigenvalue weighted by Gasteiger charge is -2.25. The summed E-state index contributed by atoms with van der Waals surface area (Å²) in [6, 6.07) is 0. The Morgan fingerprint density at radius 3 is 2.43 bits per heavy atom. The molecular formula is C15H21N5O8. The van der Waals surface area contributed by atoms with Crippen LogP contribution in [0.3, 0.4) is 0 Å². The quantitative estimate of drug-likeness (QED) is 0.290. The van der Waals surface area contributed by atoms with Crippen LogP contribution in [0.1, 0.15) is 6.23 Å². The average Bonchev–Trinajstić information content (AvgIpc) is 3.33. The molecule has 2 aliphatic rings. The number of anilines is 1. The molecule has 2 aliphatic heterocycles. The maximum absolute atomic E-state index is 10.8. The van der Waals surface area contributed by atoms with Gasteiger partial charge in [-0.1, -0.05) is 0 Å². The van der Waals surface area contributed by atoms with Gasteiger partial charge in [-0.3, -0.25) is 4.57 Å². The van der Waals surface area contributed by atoms with E-state index in [0.29, 0.717) is 11.2 Å². The van der Waals surface area contributed by atoms with Crippen LogP contribution in [0.5, 0.6) is 0 Å². The Balaban J connectivity index is 1.57. The van der Waals surface area contributed by atoms with Crippen molar-refractivity contribution in [1.82, 2.24) is 19.5 Å². The van der Waals surface area contributed by atoms with Gasteiger partial charge in [0.25, 0.3) is 0 Å². The van der Waals surface area contributed by atoms with Crippen LogP contribution < -0.4 is 5.73 Å². The van der Waals surface area contributed by atoms with Crippen LogP contribution in [0.4, 0.5) is 5.82 Å². The van der Waals surface area contributed by atoms with Crippen molar-refractivity contribution in [3.05, 3.63) is 12.7 Å². The van der Waals surface area contributed by atoms with Gasteiger partial charge in [-0.2, -0.15) is 0 Å². The summed E-state index contributed by atoms with van der Waals surface area (Å²) in [7, 11) is 0. The van der Waals surface area contributed by atoms with E-state index in [4.69, 9.17) is 19.9 Å². The molecule has 8 atom stereocenters. The number of fused-ring (bicyclic) bond motifs is 1. The number of nitrogens with zero attached hydrogens (tertiary/aromatic N) is 4. The highest BCUT2D eigenvalue weighted by Gasteiger charge is 2.51. The molecule has 0 bridgehead atoms. The maximum atomic E-state index is 10.8. The maximum Gasteiger partial charge on any atom is 0.187 e. The minimum absolute atomic E-state index is 0.161. The lowest BCUT2D eigenvalue weighted by Crippen LogP contribution is -2.43. The van der Waals surface area contributed by atoms with E-state index in [-0.39, 0.29) is 5.82 Å². The molecule has 2 saturated heterocycles. The third-order valence-corrected chi connectivity index (χ3v) is 4.94. The molecule has 2 aromatic rings. The van der Waals surface area contributed by atoms with E-state index in [9.17, 15) is 25.5 Å². The number of aliphatic hydroxyl groups is 5. The van der Waals surface area contributed by atoms with Crippen molar-refractivity contribution in [2.75, 3.05) is 18.9 Å². The van der Waals surface area contributed by atoms with E-state index in [0.717, 1.165) is 0 Å². The van der Waals surface area contributed by atoms with E-state index >= 15 is 0 Å². The molecule has 0 spiro atoms. The van der Waals surface area contributed by atoms with Crippen LogP contribution in [0.15, 0.2) is 12.7 Å². The van der Waals surface area contributed by atoms with Crippen molar-refractivity contribution in [3.8, 4) is 0 Å². The fourth-order valence-electron chi connectivity index (χ4n) is 3.45. The van der Waals surface area contributed by atoms with Gasteiger partial charge in [0.1, 0.15) is 48.5 Å². The summed E-state index contributed by atoms with van der Waals surface area (Å²) in [4.78, 5) is 12.1. The van der Waals surface area contributed by atoms with E-state index in [1.807, 2.05) is 0 Å². The second-order valence-electron chi connectivity index (χ2n) is 6.63. The Bertz CT molecular complexity index is 836. The van der Waals surface area contributed by atoms with Crippen LogP contribution >= 0.6 is 0 Å². The normalized spacial score (nSPS) is 38.5. The fourth-order valence-corrected chi connectivity index (χ4v) is 3.45. The summed E-state index contributed by atoms with van der Waals surface area (Å²) >= 11 is 0. The third-order valence-electron chi connectivity index (χ3n) is 4.94. The highest BCUT2D eigenvalue weighted by atomic mass is 16.7. The second-order valence-corrected chi connectivity index (χ2v) is 6.63. The van der Waals surface area contributed by atoms with Crippen molar-refractivity contribution in [3.63, 3.8) is 0 Å². The molecule has 0 saturated carbocycles. The van der Waals surface area contributed by atoms with Gasteiger partial charge in [0.05, 0.1) is 19.5 Å². The summed E-state index contributed by atoms with van der Waals surface area (Å²) in [5.74, 6) is 0.161. The molecule has 4 heterocycles. The van der Waals surface area contributed by atoms with Crippen molar-refractivity contribution >= 4 is 17.0 Å². The smallest absolute Gasteiger partial charge is 0.187 e. The van der Waals surface area contributed by atoms with Crippen LogP contribution in [0, 0.1) is 0 Å². The van der Waals surface area contributed by atoms with Crippen LogP contribution in [-0.2, 0) is 14.2 Å². The molecule has 154 valence electrons. The van der Waals surface area contributed by atoms with Gasteiger partial charge < -0.3 is 45.5 Å². The number of imidazole rings is 1. The van der Waals surface area contributed by atoms with E-state index in [1.165, 1.54) is 17.2 Å². The number of aliphatic hydroxyl groups excluding tert-OH is 5. The SMILES string of the molecule is Nc1ncnc2c1ncn2[C@@H]1O[C@H](CO)[C@@H](OC2O[C@H](CO)[C@@H](O)[C@H]2O)[C@H]1O. The summed E-state index contributed by atoms with van der Waals surface area (Å²) in [5, 5.41) is 49.5. The van der Waals surface area contributed by atoms with Crippen LogP contribution in [0.25, 0.3) is 11.2 Å². The predicted octanol–water partition coefficient (Wildman–Crippen LogP) is -3.52.